The summed E-state index contributed by atoms with van der Waals surface area (Å²) in [5.74, 6) is 0.345. The van der Waals surface area contributed by atoms with Crippen molar-refractivity contribution in [1.82, 2.24) is 15.1 Å². The number of nitrogens with one attached hydrogen (secondary N) is 1. The molecule has 0 saturated carbocycles. The summed E-state index contributed by atoms with van der Waals surface area (Å²) in [6, 6.07) is 10.4. The fourth-order valence-electron chi connectivity index (χ4n) is 2.65. The second kappa shape index (κ2) is 5.49. The zero-order valence-corrected chi connectivity index (χ0v) is 11.7. The highest BCUT2D eigenvalue weighted by atomic mass is 16.2. The fourth-order valence-corrected chi connectivity index (χ4v) is 2.65. The van der Waals surface area contributed by atoms with Gasteiger partial charge in [0.15, 0.2) is 0 Å². The summed E-state index contributed by atoms with van der Waals surface area (Å²) in [5, 5.41) is 7.47. The molecular weight excluding hydrogens is 250 g/mol. The lowest BCUT2D eigenvalue weighted by molar-refractivity contribution is -0.122. The molecule has 0 spiro atoms. The SMILES string of the molecule is Cc1cccc(-c2ccn(CCC3CCNC3=O)n2)c1. The van der Waals surface area contributed by atoms with Crippen molar-refractivity contribution in [2.45, 2.75) is 26.3 Å². The van der Waals surface area contributed by atoms with Gasteiger partial charge in [-0.25, -0.2) is 0 Å². The molecule has 3 rings (SSSR count). The Labute approximate surface area is 118 Å². The number of amides is 1. The van der Waals surface area contributed by atoms with Crippen molar-refractivity contribution in [1.29, 1.82) is 0 Å². The zero-order valence-electron chi connectivity index (χ0n) is 11.7. The Bertz CT molecular complexity index is 618. The van der Waals surface area contributed by atoms with E-state index >= 15 is 0 Å². The fraction of sp³-hybridized carbons (Fsp3) is 0.375. The van der Waals surface area contributed by atoms with Gasteiger partial charge in [0, 0.05) is 30.8 Å². The lowest BCUT2D eigenvalue weighted by atomic mass is 10.0. The van der Waals surface area contributed by atoms with Crippen LogP contribution in [0.1, 0.15) is 18.4 Å². The Morgan fingerprint density at radius 3 is 3.05 bits per heavy atom. The quantitative estimate of drug-likeness (QED) is 0.926. The van der Waals surface area contributed by atoms with Gasteiger partial charge >= 0.3 is 0 Å². The number of rotatable bonds is 4. The number of hydrogen-bond acceptors (Lipinski definition) is 2. The van der Waals surface area contributed by atoms with Crippen LogP contribution in [0.2, 0.25) is 0 Å². The molecule has 104 valence electrons. The van der Waals surface area contributed by atoms with Crippen LogP contribution in [0.25, 0.3) is 11.3 Å². The summed E-state index contributed by atoms with van der Waals surface area (Å²) in [7, 11) is 0. The van der Waals surface area contributed by atoms with Gasteiger partial charge in [0.25, 0.3) is 0 Å². The van der Waals surface area contributed by atoms with Crippen molar-refractivity contribution in [2.24, 2.45) is 5.92 Å². The molecule has 1 aromatic heterocycles. The number of nitrogens with zero attached hydrogens (tertiary/aromatic N) is 2. The van der Waals surface area contributed by atoms with Crippen LogP contribution in [0.4, 0.5) is 0 Å². The highest BCUT2D eigenvalue weighted by Gasteiger charge is 2.23. The average molecular weight is 269 g/mol. The number of aryl methyl sites for hydroxylation is 2. The van der Waals surface area contributed by atoms with Gasteiger partial charge in [0.1, 0.15) is 0 Å². The predicted molar refractivity (Wildman–Crippen MR) is 78.1 cm³/mol. The Kier molecular flexibility index (Phi) is 3.54. The summed E-state index contributed by atoms with van der Waals surface area (Å²) in [6.07, 6.45) is 3.80. The monoisotopic (exact) mass is 269 g/mol. The minimum Gasteiger partial charge on any atom is -0.356 e. The van der Waals surface area contributed by atoms with E-state index in [9.17, 15) is 4.79 Å². The van der Waals surface area contributed by atoms with E-state index in [0.29, 0.717) is 0 Å². The molecular formula is C16H19N3O. The molecule has 20 heavy (non-hydrogen) atoms. The lowest BCUT2D eigenvalue weighted by Crippen LogP contribution is -2.20. The molecule has 4 nitrogen and oxygen atoms in total. The first-order chi connectivity index (χ1) is 9.72. The van der Waals surface area contributed by atoms with Crippen LogP contribution < -0.4 is 5.32 Å². The largest absolute Gasteiger partial charge is 0.356 e. The van der Waals surface area contributed by atoms with Crippen LogP contribution in [-0.4, -0.2) is 22.2 Å². The molecule has 1 saturated heterocycles. The van der Waals surface area contributed by atoms with E-state index in [2.05, 4.69) is 35.5 Å². The maximum atomic E-state index is 11.5. The number of carbonyl (C=O) groups is 1. The van der Waals surface area contributed by atoms with Crippen molar-refractivity contribution in [2.75, 3.05) is 6.54 Å². The minimum absolute atomic E-state index is 0.154. The van der Waals surface area contributed by atoms with Crippen LogP contribution >= 0.6 is 0 Å². The van der Waals surface area contributed by atoms with Crippen molar-refractivity contribution < 1.29 is 4.79 Å². The first kappa shape index (κ1) is 12.9. The molecule has 1 fully saturated rings. The van der Waals surface area contributed by atoms with Gasteiger partial charge in [-0.2, -0.15) is 5.10 Å². The van der Waals surface area contributed by atoms with Gasteiger partial charge in [0.2, 0.25) is 5.91 Å². The van der Waals surface area contributed by atoms with Crippen molar-refractivity contribution in [3.63, 3.8) is 0 Å². The number of benzene rings is 1. The summed E-state index contributed by atoms with van der Waals surface area (Å²) in [4.78, 5) is 11.5. The third-order valence-electron chi connectivity index (χ3n) is 3.82. The van der Waals surface area contributed by atoms with E-state index in [0.717, 1.165) is 37.2 Å². The summed E-state index contributed by atoms with van der Waals surface area (Å²) in [5.41, 5.74) is 3.37. The van der Waals surface area contributed by atoms with Crippen molar-refractivity contribution >= 4 is 5.91 Å². The van der Waals surface area contributed by atoms with Gasteiger partial charge in [-0.1, -0.05) is 23.8 Å². The van der Waals surface area contributed by atoms with Gasteiger partial charge < -0.3 is 5.32 Å². The van der Waals surface area contributed by atoms with Crippen LogP contribution in [-0.2, 0) is 11.3 Å². The van der Waals surface area contributed by atoms with Crippen LogP contribution in [0, 0.1) is 12.8 Å². The first-order valence-electron chi connectivity index (χ1n) is 7.10. The first-order valence-corrected chi connectivity index (χ1v) is 7.10. The molecule has 1 aliphatic heterocycles. The van der Waals surface area contributed by atoms with E-state index in [4.69, 9.17) is 0 Å². The molecule has 1 atom stereocenters. The second-order valence-corrected chi connectivity index (χ2v) is 5.40. The van der Waals surface area contributed by atoms with Gasteiger partial charge in [-0.05, 0) is 31.9 Å². The molecule has 1 unspecified atom stereocenters. The van der Waals surface area contributed by atoms with Crippen LogP contribution in [0.3, 0.4) is 0 Å². The molecule has 0 radical (unpaired) electrons. The molecule has 1 aliphatic rings. The van der Waals surface area contributed by atoms with Crippen LogP contribution in [0.15, 0.2) is 36.5 Å². The van der Waals surface area contributed by atoms with E-state index in [-0.39, 0.29) is 11.8 Å². The van der Waals surface area contributed by atoms with Crippen molar-refractivity contribution in [3.05, 3.63) is 42.1 Å². The van der Waals surface area contributed by atoms with E-state index < -0.39 is 0 Å². The molecule has 2 aromatic rings. The molecule has 1 amide bonds. The maximum Gasteiger partial charge on any atom is 0.223 e. The van der Waals surface area contributed by atoms with Crippen LogP contribution in [0.5, 0.6) is 0 Å². The summed E-state index contributed by atoms with van der Waals surface area (Å²) < 4.78 is 1.93. The van der Waals surface area contributed by atoms with Gasteiger partial charge in [0.05, 0.1) is 5.69 Å². The normalized spacial score (nSPS) is 18.2. The maximum absolute atomic E-state index is 11.5. The summed E-state index contributed by atoms with van der Waals surface area (Å²) in [6.45, 7) is 3.69. The second-order valence-electron chi connectivity index (χ2n) is 5.40. The number of hydrogen-bond donors (Lipinski definition) is 1. The van der Waals surface area contributed by atoms with E-state index in [1.165, 1.54) is 5.56 Å². The Balaban J connectivity index is 1.66. The number of aromatic nitrogens is 2. The predicted octanol–water partition coefficient (Wildman–Crippen LogP) is 2.38. The third kappa shape index (κ3) is 2.74. The Hall–Kier alpha value is -2.10. The summed E-state index contributed by atoms with van der Waals surface area (Å²) >= 11 is 0. The number of carbonyl (C=O) groups excluding carboxylic acids is 1. The van der Waals surface area contributed by atoms with Crippen molar-refractivity contribution in [3.8, 4) is 11.3 Å². The average Bonchev–Trinajstić information content (AvgIpc) is 3.05. The molecule has 1 N–H and O–H groups in total. The van der Waals surface area contributed by atoms with E-state index in [1.54, 1.807) is 0 Å². The zero-order chi connectivity index (χ0) is 13.9. The lowest BCUT2D eigenvalue weighted by Gasteiger charge is -2.06. The third-order valence-corrected chi connectivity index (χ3v) is 3.82. The topological polar surface area (TPSA) is 46.9 Å². The highest BCUT2D eigenvalue weighted by molar-refractivity contribution is 5.80. The smallest absolute Gasteiger partial charge is 0.223 e. The minimum atomic E-state index is 0.154. The van der Waals surface area contributed by atoms with Gasteiger partial charge in [-0.15, -0.1) is 0 Å². The molecule has 2 heterocycles. The molecule has 1 aromatic carbocycles. The standard InChI is InChI=1S/C16H19N3O/c1-12-3-2-4-14(11-12)15-7-10-19(18-15)9-6-13-5-8-17-16(13)20/h2-4,7,10-11,13H,5-6,8-9H2,1H3,(H,17,20). The Morgan fingerprint density at radius 2 is 2.30 bits per heavy atom. The Morgan fingerprint density at radius 1 is 1.40 bits per heavy atom. The van der Waals surface area contributed by atoms with Gasteiger partial charge in [-0.3, -0.25) is 9.48 Å². The van der Waals surface area contributed by atoms with E-state index in [1.807, 2.05) is 23.0 Å². The molecule has 0 bridgehead atoms. The highest BCUT2D eigenvalue weighted by Crippen LogP contribution is 2.19. The molecule has 4 heteroatoms. The molecule has 0 aliphatic carbocycles.